The summed E-state index contributed by atoms with van der Waals surface area (Å²) >= 11 is 0. The SMILES string of the molecule is CC[C@H]1COCCN1C(=O)c1cc(Oc2ccc(CCN)cc2)ccc1F. The first-order valence-electron chi connectivity index (χ1n) is 9.27. The molecule has 1 aliphatic rings. The van der Waals surface area contributed by atoms with E-state index in [-0.39, 0.29) is 17.5 Å². The van der Waals surface area contributed by atoms with E-state index < -0.39 is 5.82 Å². The number of carbonyl (C=O) groups excluding carboxylic acids is 1. The lowest BCUT2D eigenvalue weighted by molar-refractivity contribution is -0.00304. The topological polar surface area (TPSA) is 64.8 Å². The Morgan fingerprint density at radius 1 is 1.26 bits per heavy atom. The maximum absolute atomic E-state index is 14.3. The Hall–Kier alpha value is -2.44. The fourth-order valence-electron chi connectivity index (χ4n) is 3.17. The van der Waals surface area contributed by atoms with Gasteiger partial charge in [0.05, 0.1) is 24.8 Å². The lowest BCUT2D eigenvalue weighted by Crippen LogP contribution is -2.48. The predicted molar refractivity (Wildman–Crippen MR) is 102 cm³/mol. The van der Waals surface area contributed by atoms with Gasteiger partial charge in [0.1, 0.15) is 17.3 Å². The van der Waals surface area contributed by atoms with Crippen LogP contribution in [-0.4, -0.2) is 43.2 Å². The Morgan fingerprint density at radius 2 is 2.00 bits per heavy atom. The van der Waals surface area contributed by atoms with Crippen molar-refractivity contribution in [1.82, 2.24) is 4.90 Å². The van der Waals surface area contributed by atoms with E-state index in [1.54, 1.807) is 4.90 Å². The molecule has 2 aromatic carbocycles. The Labute approximate surface area is 158 Å². The molecule has 0 aromatic heterocycles. The van der Waals surface area contributed by atoms with Crippen molar-refractivity contribution in [3.63, 3.8) is 0 Å². The van der Waals surface area contributed by atoms with E-state index in [2.05, 4.69) is 0 Å². The zero-order chi connectivity index (χ0) is 19.2. The largest absolute Gasteiger partial charge is 0.457 e. The molecule has 0 bridgehead atoms. The summed E-state index contributed by atoms with van der Waals surface area (Å²) < 4.78 is 25.6. The molecule has 27 heavy (non-hydrogen) atoms. The van der Waals surface area contributed by atoms with Gasteiger partial charge in [0.2, 0.25) is 0 Å². The van der Waals surface area contributed by atoms with Crippen LogP contribution in [0.1, 0.15) is 29.3 Å². The first kappa shape index (κ1) is 19.3. The molecule has 6 heteroatoms. The highest BCUT2D eigenvalue weighted by Crippen LogP contribution is 2.26. The van der Waals surface area contributed by atoms with Crippen molar-refractivity contribution in [2.75, 3.05) is 26.3 Å². The van der Waals surface area contributed by atoms with Gasteiger partial charge >= 0.3 is 0 Å². The van der Waals surface area contributed by atoms with Crippen molar-refractivity contribution in [3.05, 3.63) is 59.4 Å². The summed E-state index contributed by atoms with van der Waals surface area (Å²) in [7, 11) is 0. The lowest BCUT2D eigenvalue weighted by Gasteiger charge is -2.35. The molecule has 5 nitrogen and oxygen atoms in total. The monoisotopic (exact) mass is 372 g/mol. The van der Waals surface area contributed by atoms with Gasteiger partial charge in [0, 0.05) is 6.54 Å². The van der Waals surface area contributed by atoms with E-state index in [9.17, 15) is 9.18 Å². The van der Waals surface area contributed by atoms with Crippen LogP contribution in [-0.2, 0) is 11.2 Å². The standard InChI is InChI=1S/C21H25FN2O3/c1-2-16-14-26-12-11-24(16)21(25)19-13-18(7-8-20(19)22)27-17-5-3-15(4-6-17)9-10-23/h3-8,13,16H,2,9-12,14,23H2,1H3/t16-/m0/s1. The quantitative estimate of drug-likeness (QED) is 0.844. The number of morpholine rings is 1. The van der Waals surface area contributed by atoms with Gasteiger partial charge in [0.15, 0.2) is 0 Å². The molecule has 1 heterocycles. The van der Waals surface area contributed by atoms with Crippen molar-refractivity contribution in [2.24, 2.45) is 5.73 Å². The maximum atomic E-state index is 14.3. The van der Waals surface area contributed by atoms with E-state index in [1.165, 1.54) is 18.2 Å². The minimum absolute atomic E-state index is 0.0209. The fraction of sp³-hybridized carbons (Fsp3) is 0.381. The van der Waals surface area contributed by atoms with Gasteiger partial charge in [-0.1, -0.05) is 19.1 Å². The van der Waals surface area contributed by atoms with E-state index in [0.29, 0.717) is 37.8 Å². The Morgan fingerprint density at radius 3 is 2.70 bits per heavy atom. The first-order valence-corrected chi connectivity index (χ1v) is 9.27. The second-order valence-corrected chi connectivity index (χ2v) is 6.56. The van der Waals surface area contributed by atoms with Crippen molar-refractivity contribution < 1.29 is 18.7 Å². The maximum Gasteiger partial charge on any atom is 0.257 e. The average Bonchev–Trinajstić information content (AvgIpc) is 2.70. The molecule has 3 rings (SSSR count). The van der Waals surface area contributed by atoms with Crippen LogP contribution < -0.4 is 10.5 Å². The second kappa shape index (κ2) is 8.97. The van der Waals surface area contributed by atoms with E-state index in [4.69, 9.17) is 15.2 Å². The summed E-state index contributed by atoms with van der Waals surface area (Å²) in [5.41, 5.74) is 6.70. The molecule has 0 unspecified atom stereocenters. The Kier molecular flexibility index (Phi) is 6.42. The lowest BCUT2D eigenvalue weighted by atomic mass is 10.1. The number of amides is 1. The molecule has 1 amide bonds. The fourth-order valence-corrected chi connectivity index (χ4v) is 3.17. The highest BCUT2D eigenvalue weighted by atomic mass is 19.1. The Bertz CT molecular complexity index is 779. The number of nitrogens with zero attached hydrogens (tertiary/aromatic N) is 1. The van der Waals surface area contributed by atoms with Crippen LogP contribution in [0.4, 0.5) is 4.39 Å². The summed E-state index contributed by atoms with van der Waals surface area (Å²) in [6.07, 6.45) is 1.56. The summed E-state index contributed by atoms with van der Waals surface area (Å²) in [6, 6.07) is 11.8. The van der Waals surface area contributed by atoms with Gasteiger partial charge in [-0.15, -0.1) is 0 Å². The number of hydrogen-bond acceptors (Lipinski definition) is 4. The normalized spacial score (nSPS) is 17.0. The molecule has 1 fully saturated rings. The molecule has 1 aliphatic heterocycles. The van der Waals surface area contributed by atoms with E-state index in [1.807, 2.05) is 31.2 Å². The van der Waals surface area contributed by atoms with Crippen LogP contribution in [0.5, 0.6) is 11.5 Å². The zero-order valence-electron chi connectivity index (χ0n) is 15.5. The predicted octanol–water partition coefficient (Wildman–Crippen LogP) is 3.37. The second-order valence-electron chi connectivity index (χ2n) is 6.56. The van der Waals surface area contributed by atoms with Crippen LogP contribution in [0.2, 0.25) is 0 Å². The van der Waals surface area contributed by atoms with Crippen LogP contribution in [0.3, 0.4) is 0 Å². The molecule has 0 spiro atoms. The third kappa shape index (κ3) is 4.64. The first-order chi connectivity index (χ1) is 13.1. The van der Waals surface area contributed by atoms with Crippen LogP contribution in [0.15, 0.2) is 42.5 Å². The molecule has 2 N–H and O–H groups in total. The van der Waals surface area contributed by atoms with Crippen LogP contribution in [0, 0.1) is 5.82 Å². The molecular weight excluding hydrogens is 347 g/mol. The number of benzene rings is 2. The molecule has 0 aliphatic carbocycles. The smallest absolute Gasteiger partial charge is 0.257 e. The van der Waals surface area contributed by atoms with Gasteiger partial charge in [-0.25, -0.2) is 4.39 Å². The molecule has 1 atom stereocenters. The van der Waals surface area contributed by atoms with Gasteiger partial charge in [0.25, 0.3) is 5.91 Å². The number of halogens is 1. The Balaban J connectivity index is 1.78. The van der Waals surface area contributed by atoms with Gasteiger partial charge in [-0.05, 0) is 55.3 Å². The number of carbonyl (C=O) groups is 1. The molecule has 0 saturated carbocycles. The molecule has 0 radical (unpaired) electrons. The third-order valence-electron chi connectivity index (χ3n) is 4.72. The number of ether oxygens (including phenoxy) is 2. The van der Waals surface area contributed by atoms with Crippen molar-refractivity contribution in [1.29, 1.82) is 0 Å². The van der Waals surface area contributed by atoms with E-state index in [0.717, 1.165) is 18.4 Å². The summed E-state index contributed by atoms with van der Waals surface area (Å²) in [5, 5.41) is 0. The molecular formula is C21H25FN2O3. The number of rotatable bonds is 6. The highest BCUT2D eigenvalue weighted by Gasteiger charge is 2.28. The molecule has 2 aromatic rings. The van der Waals surface area contributed by atoms with Crippen molar-refractivity contribution in [2.45, 2.75) is 25.8 Å². The van der Waals surface area contributed by atoms with Crippen LogP contribution >= 0.6 is 0 Å². The minimum atomic E-state index is -0.549. The van der Waals surface area contributed by atoms with Gasteiger partial charge < -0.3 is 20.1 Å². The number of hydrogen-bond donors (Lipinski definition) is 1. The molecule has 144 valence electrons. The van der Waals surface area contributed by atoms with Crippen LogP contribution in [0.25, 0.3) is 0 Å². The summed E-state index contributed by atoms with van der Waals surface area (Å²) in [4.78, 5) is 14.6. The van der Waals surface area contributed by atoms with Crippen molar-refractivity contribution in [3.8, 4) is 11.5 Å². The van der Waals surface area contributed by atoms with E-state index >= 15 is 0 Å². The van der Waals surface area contributed by atoms with Crippen molar-refractivity contribution >= 4 is 5.91 Å². The highest BCUT2D eigenvalue weighted by molar-refractivity contribution is 5.95. The average molecular weight is 372 g/mol. The minimum Gasteiger partial charge on any atom is -0.457 e. The number of nitrogens with two attached hydrogens (primary N) is 1. The van der Waals surface area contributed by atoms with Gasteiger partial charge in [-0.3, -0.25) is 4.79 Å². The molecule has 1 saturated heterocycles. The summed E-state index contributed by atoms with van der Waals surface area (Å²) in [6.45, 7) is 3.99. The zero-order valence-corrected chi connectivity index (χ0v) is 15.5. The summed E-state index contributed by atoms with van der Waals surface area (Å²) in [5.74, 6) is 0.171. The third-order valence-corrected chi connectivity index (χ3v) is 4.72. The van der Waals surface area contributed by atoms with Gasteiger partial charge in [-0.2, -0.15) is 0 Å².